The highest BCUT2D eigenvalue weighted by atomic mass is 35.5. The van der Waals surface area contributed by atoms with E-state index in [1.165, 1.54) is 10.9 Å². The van der Waals surface area contributed by atoms with E-state index in [1.807, 2.05) is 0 Å². The van der Waals surface area contributed by atoms with Crippen LogP contribution in [-0.2, 0) is 11.3 Å². The quantitative estimate of drug-likeness (QED) is 0.205. The van der Waals surface area contributed by atoms with Crippen LogP contribution in [0.1, 0.15) is 0 Å². The summed E-state index contributed by atoms with van der Waals surface area (Å²) in [4.78, 5) is 11.6. The first-order valence-electron chi connectivity index (χ1n) is 6.92. The summed E-state index contributed by atoms with van der Waals surface area (Å²) in [6, 6.07) is 0. The van der Waals surface area contributed by atoms with Crippen molar-refractivity contribution in [2.75, 3.05) is 25.3 Å². The molecule has 2 rings (SSSR count). The van der Waals surface area contributed by atoms with Crippen molar-refractivity contribution >= 4 is 42.3 Å². The summed E-state index contributed by atoms with van der Waals surface area (Å²) >= 11 is 11.5. The van der Waals surface area contributed by atoms with Gasteiger partial charge in [0.05, 0.1) is 31.6 Å². The van der Waals surface area contributed by atoms with Gasteiger partial charge in [-0.15, -0.1) is 0 Å². The smallest absolute Gasteiger partial charge is 0.375 e. The molecule has 0 fully saturated rings. The number of ether oxygens (including phenoxy) is 1. The van der Waals surface area contributed by atoms with Gasteiger partial charge in [0.1, 0.15) is 5.52 Å². The maximum atomic E-state index is 12.4. The van der Waals surface area contributed by atoms with E-state index in [1.54, 1.807) is 0 Å². The van der Waals surface area contributed by atoms with Crippen LogP contribution in [0.2, 0.25) is 10.4 Å². The molecular weight excluding hydrogens is 432 g/mol. The van der Waals surface area contributed by atoms with Crippen LogP contribution in [0.15, 0.2) is 6.33 Å². The first kappa shape index (κ1) is 21.4. The van der Waals surface area contributed by atoms with Crippen molar-refractivity contribution in [3.05, 3.63) is 16.8 Å². The number of imidazole rings is 1. The van der Waals surface area contributed by atoms with Crippen molar-refractivity contribution in [1.82, 2.24) is 19.5 Å². The van der Waals surface area contributed by atoms with Gasteiger partial charge in [0.2, 0.25) is 5.28 Å². The second kappa shape index (κ2) is 8.41. The van der Waals surface area contributed by atoms with Crippen LogP contribution in [0, 0.1) is 0 Å². The molecule has 146 valence electrons. The molecule has 2 aromatic heterocycles. The van der Waals surface area contributed by atoms with E-state index in [-0.39, 0.29) is 34.8 Å². The maximum absolute atomic E-state index is 12.4. The Kier molecular flexibility index (Phi) is 6.92. The highest BCUT2D eigenvalue weighted by Crippen LogP contribution is 2.45. The van der Waals surface area contributed by atoms with Crippen molar-refractivity contribution < 1.29 is 31.1 Å². The third kappa shape index (κ3) is 6.68. The van der Waals surface area contributed by atoms with E-state index < -0.39 is 38.9 Å². The van der Waals surface area contributed by atoms with Gasteiger partial charge in [-0.3, -0.25) is 0 Å². The van der Waals surface area contributed by atoms with Crippen molar-refractivity contribution in [1.29, 1.82) is 0 Å². The molecule has 2 aromatic rings. The van der Waals surface area contributed by atoms with E-state index in [9.17, 15) is 26.3 Å². The van der Waals surface area contributed by atoms with Crippen LogP contribution in [-0.4, -0.2) is 57.2 Å². The van der Waals surface area contributed by atoms with E-state index in [2.05, 4.69) is 15.0 Å². The molecule has 0 aromatic carbocycles. The zero-order valence-electron chi connectivity index (χ0n) is 12.8. The predicted molar refractivity (Wildman–Crippen MR) is 84.9 cm³/mol. The monoisotopic (exact) mass is 442 g/mol. The average molecular weight is 443 g/mol. The Bertz CT molecular complexity index is 738. The Morgan fingerprint density at radius 2 is 1.65 bits per heavy atom. The van der Waals surface area contributed by atoms with Crippen LogP contribution in [0.25, 0.3) is 11.2 Å². The summed E-state index contributed by atoms with van der Waals surface area (Å²) in [6.45, 7) is -0.0272. The predicted octanol–water partition coefficient (Wildman–Crippen LogP) is 4.71. The molecule has 0 unspecified atom stereocenters. The van der Waals surface area contributed by atoms with Crippen molar-refractivity contribution in [3.63, 3.8) is 0 Å². The molecule has 0 aliphatic rings. The fourth-order valence-electron chi connectivity index (χ4n) is 2.06. The summed E-state index contributed by atoms with van der Waals surface area (Å²) in [5.74, 6) is 0. The van der Waals surface area contributed by atoms with Gasteiger partial charge < -0.3 is 9.30 Å². The minimum atomic E-state index is -4.68. The lowest BCUT2D eigenvalue weighted by molar-refractivity contribution is -0.112. The average Bonchev–Trinajstić information content (AvgIpc) is 2.83. The Morgan fingerprint density at radius 1 is 1.04 bits per heavy atom. The lowest BCUT2D eigenvalue weighted by Gasteiger charge is -2.20. The van der Waals surface area contributed by atoms with E-state index in [0.29, 0.717) is 0 Å². The fourth-order valence-corrected chi connectivity index (χ4v) is 4.18. The summed E-state index contributed by atoms with van der Waals surface area (Å²) in [6.07, 6.45) is -11.6. The molecule has 5 nitrogen and oxygen atoms in total. The Morgan fingerprint density at radius 3 is 2.23 bits per heavy atom. The largest absolute Gasteiger partial charge is 0.392 e. The molecule has 0 atom stereocenters. The lowest BCUT2D eigenvalue weighted by atomic mass is 10.5. The Balaban J connectivity index is 1.93. The van der Waals surface area contributed by atoms with Gasteiger partial charge in [0.15, 0.2) is 10.8 Å². The topological polar surface area (TPSA) is 52.8 Å². The molecule has 2 heterocycles. The molecule has 14 heteroatoms. The number of alkyl halides is 6. The first-order valence-corrected chi connectivity index (χ1v) is 9.57. The number of halogens is 8. The molecule has 0 radical (unpaired) electrons. The highest BCUT2D eigenvalue weighted by molar-refractivity contribution is 7.57. The fraction of sp³-hybridized carbons (Fsp3) is 0.583. The second-order valence-electron chi connectivity index (χ2n) is 5.15. The van der Waals surface area contributed by atoms with Gasteiger partial charge in [0.25, 0.3) is 0 Å². The Hall–Kier alpha value is -0.900. The summed E-state index contributed by atoms with van der Waals surface area (Å²) in [5, 5.41) is -0.0948. The van der Waals surface area contributed by atoms with Gasteiger partial charge in [-0.05, 0) is 11.6 Å². The van der Waals surface area contributed by atoms with Crippen molar-refractivity contribution in [2.45, 2.75) is 18.9 Å². The minimum absolute atomic E-state index is 0.0264. The van der Waals surface area contributed by atoms with Crippen LogP contribution in [0.5, 0.6) is 0 Å². The van der Waals surface area contributed by atoms with Crippen LogP contribution in [0.4, 0.5) is 26.3 Å². The third-order valence-electron chi connectivity index (χ3n) is 2.95. The zero-order valence-corrected chi connectivity index (χ0v) is 15.2. The number of nitrogens with zero attached hydrogens (tertiary/aromatic N) is 4. The Labute approximate surface area is 154 Å². The lowest BCUT2D eigenvalue weighted by Crippen LogP contribution is -2.22. The molecule has 0 bridgehead atoms. The normalized spacial score (nSPS) is 13.1. The molecule has 26 heavy (non-hydrogen) atoms. The van der Waals surface area contributed by atoms with Crippen molar-refractivity contribution in [3.8, 4) is 0 Å². The molecule has 0 aliphatic heterocycles. The van der Waals surface area contributed by atoms with Gasteiger partial charge in [-0.1, -0.05) is 19.5 Å². The van der Waals surface area contributed by atoms with Crippen LogP contribution < -0.4 is 0 Å². The van der Waals surface area contributed by atoms with Crippen LogP contribution in [0.3, 0.4) is 0 Å². The highest BCUT2D eigenvalue weighted by Gasteiger charge is 2.38. The standard InChI is InChI=1S/C12H11Cl2F6N4OP/c13-8-7-9(23-10(14)22-8)24(5-21-7)1-2-25-6-26(3-11(15,16)17)4-12(18,19)20/h5H,1-4,6H2. The summed E-state index contributed by atoms with van der Waals surface area (Å²) in [5.41, 5.74) is 0.555. The van der Waals surface area contributed by atoms with E-state index in [4.69, 9.17) is 27.9 Å². The van der Waals surface area contributed by atoms with Gasteiger partial charge in [-0.2, -0.15) is 31.3 Å². The van der Waals surface area contributed by atoms with Gasteiger partial charge >= 0.3 is 12.4 Å². The molecular formula is C12H11Cl2F6N4OP. The number of aromatic nitrogens is 4. The molecule has 0 saturated heterocycles. The molecule has 0 N–H and O–H groups in total. The second-order valence-corrected chi connectivity index (χ2v) is 8.08. The van der Waals surface area contributed by atoms with Crippen LogP contribution >= 0.6 is 31.1 Å². The number of rotatable bonds is 7. The number of fused-ring (bicyclic) bond motifs is 1. The first-order chi connectivity index (χ1) is 11.9. The van der Waals surface area contributed by atoms with Crippen molar-refractivity contribution in [2.24, 2.45) is 0 Å². The molecule has 0 saturated carbocycles. The zero-order chi connectivity index (χ0) is 19.5. The third-order valence-corrected chi connectivity index (χ3v) is 5.54. The van der Waals surface area contributed by atoms with Gasteiger partial charge in [-0.25, -0.2) is 9.97 Å². The molecule has 0 amide bonds. The molecule has 0 aliphatic carbocycles. The van der Waals surface area contributed by atoms with E-state index >= 15 is 0 Å². The maximum Gasteiger partial charge on any atom is 0.392 e. The van der Waals surface area contributed by atoms with Gasteiger partial charge in [0, 0.05) is 6.54 Å². The summed E-state index contributed by atoms with van der Waals surface area (Å²) in [7, 11) is -2.42. The number of hydrogen-bond acceptors (Lipinski definition) is 4. The SMILES string of the molecule is FC(F)(F)CP(COCCn1cnc2c(Cl)nc(Cl)nc21)CC(F)(F)F. The van der Waals surface area contributed by atoms with E-state index in [0.717, 1.165) is 0 Å². The molecule has 0 spiro atoms. The minimum Gasteiger partial charge on any atom is -0.375 e. The number of hydrogen-bond donors (Lipinski definition) is 0. The summed E-state index contributed by atoms with van der Waals surface area (Å²) < 4.78 is 80.9.